The van der Waals surface area contributed by atoms with Gasteiger partial charge in [-0.3, -0.25) is 9.89 Å². The maximum absolute atomic E-state index is 9.22. The lowest BCUT2D eigenvalue weighted by atomic mass is 9.97. The molecule has 1 fully saturated rings. The van der Waals surface area contributed by atoms with Gasteiger partial charge in [-0.15, -0.1) is 11.3 Å². The number of piperidine rings is 1. The van der Waals surface area contributed by atoms with Gasteiger partial charge in [-0.25, -0.2) is 0 Å². The zero-order valence-electron chi connectivity index (χ0n) is 17.1. The minimum Gasteiger partial charge on any atom is -0.396 e. The van der Waals surface area contributed by atoms with E-state index in [-0.39, 0.29) is 6.61 Å². The average molecular weight is 395 g/mol. The molecular formula is C21H38N4OS. The Morgan fingerprint density at radius 1 is 1.30 bits per heavy atom. The third kappa shape index (κ3) is 8.62. The normalized spacial score (nSPS) is 17.8. The van der Waals surface area contributed by atoms with Gasteiger partial charge < -0.3 is 15.7 Å². The first-order valence-electron chi connectivity index (χ1n) is 10.6. The Balaban J connectivity index is 1.72. The minimum absolute atomic E-state index is 0.258. The van der Waals surface area contributed by atoms with Crippen molar-refractivity contribution in [3.8, 4) is 0 Å². The number of hydrogen-bond acceptors (Lipinski definition) is 4. The fraction of sp³-hybridized carbons (Fsp3) is 0.762. The highest BCUT2D eigenvalue weighted by atomic mass is 32.1. The molecule has 0 spiro atoms. The van der Waals surface area contributed by atoms with Crippen LogP contribution in [0.5, 0.6) is 0 Å². The fourth-order valence-electron chi connectivity index (χ4n) is 3.69. The molecule has 0 aromatic carbocycles. The largest absolute Gasteiger partial charge is 0.396 e. The highest BCUT2D eigenvalue weighted by molar-refractivity contribution is 7.09. The van der Waals surface area contributed by atoms with Gasteiger partial charge >= 0.3 is 0 Å². The summed E-state index contributed by atoms with van der Waals surface area (Å²) in [6.07, 6.45) is 5.63. The Labute approximate surface area is 169 Å². The van der Waals surface area contributed by atoms with Crippen molar-refractivity contribution in [3.63, 3.8) is 0 Å². The van der Waals surface area contributed by atoms with Gasteiger partial charge in [-0.05, 0) is 69.0 Å². The van der Waals surface area contributed by atoms with Gasteiger partial charge in [0.05, 0.1) is 0 Å². The predicted molar refractivity (Wildman–Crippen MR) is 116 cm³/mol. The van der Waals surface area contributed by atoms with E-state index in [1.54, 1.807) is 0 Å². The van der Waals surface area contributed by atoms with Gasteiger partial charge in [-0.1, -0.05) is 19.4 Å². The average Bonchev–Trinajstić information content (AvgIpc) is 3.18. The van der Waals surface area contributed by atoms with E-state index in [1.807, 2.05) is 11.3 Å². The number of aliphatic imine (C=N–C) groups is 1. The first kappa shape index (κ1) is 22.2. The smallest absolute Gasteiger partial charge is 0.191 e. The number of nitrogens with zero attached hydrogens (tertiary/aromatic N) is 2. The van der Waals surface area contributed by atoms with Crippen molar-refractivity contribution in [3.05, 3.63) is 22.4 Å². The van der Waals surface area contributed by atoms with E-state index in [1.165, 1.54) is 30.8 Å². The maximum atomic E-state index is 9.22. The standard InChI is InChI=1S/C21H38N4OS/c1-3-6-18(10-13-26)15-23-21(22-4-2)24-16-19-8-11-25(12-9-19)17-20-7-5-14-27-20/h5,7,14,18-19,26H,3-4,6,8-13,15-17H2,1-2H3,(H2,22,23,24). The van der Waals surface area contributed by atoms with Crippen LogP contribution in [0, 0.1) is 11.8 Å². The number of thiophene rings is 1. The summed E-state index contributed by atoms with van der Waals surface area (Å²) in [4.78, 5) is 8.82. The van der Waals surface area contributed by atoms with Crippen LogP contribution in [0.25, 0.3) is 0 Å². The molecule has 1 aromatic rings. The van der Waals surface area contributed by atoms with Crippen molar-refractivity contribution < 1.29 is 5.11 Å². The van der Waals surface area contributed by atoms with Gasteiger partial charge in [0, 0.05) is 37.7 Å². The summed E-state index contributed by atoms with van der Waals surface area (Å²) in [6.45, 7) is 10.7. The third-order valence-electron chi connectivity index (χ3n) is 5.31. The summed E-state index contributed by atoms with van der Waals surface area (Å²) in [6, 6.07) is 4.38. The number of rotatable bonds is 11. The SMILES string of the molecule is CCCC(CCO)CN=C(NCC)NCC1CCN(Cc2cccs2)CC1. The molecule has 1 unspecified atom stereocenters. The zero-order valence-corrected chi connectivity index (χ0v) is 17.9. The van der Waals surface area contributed by atoms with Crippen LogP contribution in [0.1, 0.15) is 50.8 Å². The van der Waals surface area contributed by atoms with E-state index in [4.69, 9.17) is 4.99 Å². The second-order valence-electron chi connectivity index (χ2n) is 7.57. The Morgan fingerprint density at radius 3 is 2.74 bits per heavy atom. The summed E-state index contributed by atoms with van der Waals surface area (Å²) < 4.78 is 0. The molecule has 2 heterocycles. The molecule has 3 N–H and O–H groups in total. The van der Waals surface area contributed by atoms with Crippen molar-refractivity contribution in [1.29, 1.82) is 0 Å². The molecule has 27 heavy (non-hydrogen) atoms. The fourth-order valence-corrected chi connectivity index (χ4v) is 4.44. The molecule has 1 aliphatic rings. The molecule has 1 aliphatic heterocycles. The molecule has 1 atom stereocenters. The number of hydrogen-bond donors (Lipinski definition) is 3. The maximum Gasteiger partial charge on any atom is 0.191 e. The lowest BCUT2D eigenvalue weighted by Gasteiger charge is -2.32. The molecule has 0 amide bonds. The number of likely N-dealkylation sites (tertiary alicyclic amines) is 1. The first-order chi connectivity index (χ1) is 13.2. The van der Waals surface area contributed by atoms with E-state index in [0.717, 1.165) is 57.3 Å². The summed E-state index contributed by atoms with van der Waals surface area (Å²) >= 11 is 1.86. The van der Waals surface area contributed by atoms with Crippen molar-refractivity contribution in [2.24, 2.45) is 16.8 Å². The lowest BCUT2D eigenvalue weighted by Crippen LogP contribution is -2.43. The highest BCUT2D eigenvalue weighted by Crippen LogP contribution is 2.20. The minimum atomic E-state index is 0.258. The number of nitrogens with one attached hydrogen (secondary N) is 2. The lowest BCUT2D eigenvalue weighted by molar-refractivity contribution is 0.179. The number of aliphatic hydroxyl groups is 1. The van der Waals surface area contributed by atoms with E-state index in [9.17, 15) is 5.11 Å². The van der Waals surface area contributed by atoms with E-state index in [0.29, 0.717) is 5.92 Å². The van der Waals surface area contributed by atoms with E-state index < -0.39 is 0 Å². The molecule has 5 nitrogen and oxygen atoms in total. The van der Waals surface area contributed by atoms with Crippen LogP contribution >= 0.6 is 11.3 Å². The Bertz CT molecular complexity index is 506. The molecule has 1 aromatic heterocycles. The van der Waals surface area contributed by atoms with Crippen molar-refractivity contribution in [2.45, 2.75) is 52.5 Å². The molecule has 0 bridgehead atoms. The van der Waals surface area contributed by atoms with Crippen LogP contribution in [0.4, 0.5) is 0 Å². The number of aliphatic hydroxyl groups excluding tert-OH is 1. The van der Waals surface area contributed by atoms with Gasteiger partial charge in [0.15, 0.2) is 5.96 Å². The van der Waals surface area contributed by atoms with Gasteiger partial charge in [0.1, 0.15) is 0 Å². The third-order valence-corrected chi connectivity index (χ3v) is 6.17. The quantitative estimate of drug-likeness (QED) is 0.398. The summed E-state index contributed by atoms with van der Waals surface area (Å²) in [7, 11) is 0. The second kappa shape index (κ2) is 13.1. The molecular weight excluding hydrogens is 356 g/mol. The van der Waals surface area contributed by atoms with Crippen molar-refractivity contribution >= 4 is 17.3 Å². The molecule has 2 rings (SSSR count). The Hall–Kier alpha value is -1.11. The number of guanidine groups is 1. The van der Waals surface area contributed by atoms with Crippen LogP contribution in [-0.4, -0.2) is 55.3 Å². The molecule has 0 aliphatic carbocycles. The van der Waals surface area contributed by atoms with Crippen molar-refractivity contribution in [1.82, 2.24) is 15.5 Å². The second-order valence-corrected chi connectivity index (χ2v) is 8.60. The van der Waals surface area contributed by atoms with Gasteiger partial charge in [0.25, 0.3) is 0 Å². The van der Waals surface area contributed by atoms with Crippen molar-refractivity contribution in [2.75, 3.05) is 39.3 Å². The first-order valence-corrected chi connectivity index (χ1v) is 11.5. The predicted octanol–water partition coefficient (Wildman–Crippen LogP) is 3.31. The monoisotopic (exact) mass is 394 g/mol. The zero-order chi connectivity index (χ0) is 19.3. The van der Waals surface area contributed by atoms with Gasteiger partial charge in [-0.2, -0.15) is 0 Å². The molecule has 154 valence electrons. The Kier molecular flexibility index (Phi) is 10.8. The molecule has 0 radical (unpaired) electrons. The Morgan fingerprint density at radius 2 is 2.11 bits per heavy atom. The van der Waals surface area contributed by atoms with E-state index >= 15 is 0 Å². The molecule has 1 saturated heterocycles. The van der Waals surface area contributed by atoms with E-state index in [2.05, 4.69) is 46.9 Å². The summed E-state index contributed by atoms with van der Waals surface area (Å²) in [5, 5.41) is 18.3. The summed E-state index contributed by atoms with van der Waals surface area (Å²) in [5.41, 5.74) is 0. The summed E-state index contributed by atoms with van der Waals surface area (Å²) in [5.74, 6) is 2.13. The van der Waals surface area contributed by atoms with Crippen LogP contribution in [0.3, 0.4) is 0 Å². The van der Waals surface area contributed by atoms with Gasteiger partial charge in [0.2, 0.25) is 0 Å². The van der Waals surface area contributed by atoms with Crippen LogP contribution < -0.4 is 10.6 Å². The van der Waals surface area contributed by atoms with Crippen LogP contribution in [0.15, 0.2) is 22.5 Å². The molecule has 0 saturated carbocycles. The topological polar surface area (TPSA) is 59.9 Å². The van der Waals surface area contributed by atoms with Crippen LogP contribution in [-0.2, 0) is 6.54 Å². The molecule has 6 heteroatoms. The van der Waals surface area contributed by atoms with Crippen LogP contribution in [0.2, 0.25) is 0 Å². The highest BCUT2D eigenvalue weighted by Gasteiger charge is 2.19.